The fourth-order valence-corrected chi connectivity index (χ4v) is 3.09. The molecular formula is C25H21BrN2O. The Morgan fingerprint density at radius 3 is 1.86 bits per heavy atom. The highest BCUT2D eigenvalue weighted by Gasteiger charge is 2.08. The number of nitrogens with one attached hydrogen (secondary N) is 1. The standard InChI is InChI=1S/C25H20N2O.BrH/c28-25(23-13-11-22(12-14-23)21-9-5-2-6-10-21)26-24-15-17-27(18-16-24)19-20-7-3-1-4-8-20;/h1-18H,19H2;1H. The first kappa shape index (κ1) is 20.5. The third-order valence-electron chi connectivity index (χ3n) is 4.61. The summed E-state index contributed by atoms with van der Waals surface area (Å²) in [6, 6.07) is 31.9. The number of benzene rings is 3. The van der Waals surface area contributed by atoms with Crippen molar-refractivity contribution < 1.29 is 26.3 Å². The topological polar surface area (TPSA) is 33.0 Å². The van der Waals surface area contributed by atoms with Crippen molar-refractivity contribution in [2.75, 3.05) is 5.32 Å². The van der Waals surface area contributed by atoms with Crippen LogP contribution in [0.1, 0.15) is 15.9 Å². The Balaban J connectivity index is 0.00000240. The predicted octanol–water partition coefficient (Wildman–Crippen LogP) is 1.95. The summed E-state index contributed by atoms with van der Waals surface area (Å²) in [5.41, 5.74) is 4.89. The highest BCUT2D eigenvalue weighted by atomic mass is 79.9. The molecule has 0 bridgehead atoms. The molecule has 0 radical (unpaired) electrons. The molecule has 29 heavy (non-hydrogen) atoms. The van der Waals surface area contributed by atoms with E-state index >= 15 is 0 Å². The van der Waals surface area contributed by atoms with Crippen LogP contribution in [0.15, 0.2) is 109 Å². The zero-order valence-electron chi connectivity index (χ0n) is 15.8. The van der Waals surface area contributed by atoms with Crippen molar-refractivity contribution in [3.05, 3.63) is 121 Å². The van der Waals surface area contributed by atoms with Crippen molar-refractivity contribution >= 4 is 11.6 Å². The van der Waals surface area contributed by atoms with Crippen LogP contribution in [0, 0.1) is 0 Å². The maximum absolute atomic E-state index is 12.5. The van der Waals surface area contributed by atoms with Gasteiger partial charge in [0.25, 0.3) is 5.91 Å². The van der Waals surface area contributed by atoms with E-state index in [9.17, 15) is 4.79 Å². The van der Waals surface area contributed by atoms with Crippen molar-refractivity contribution in [1.82, 2.24) is 0 Å². The van der Waals surface area contributed by atoms with Gasteiger partial charge in [0.2, 0.25) is 0 Å². The minimum Gasteiger partial charge on any atom is -1.00 e. The van der Waals surface area contributed by atoms with Gasteiger partial charge >= 0.3 is 0 Å². The summed E-state index contributed by atoms with van der Waals surface area (Å²) in [6.07, 6.45) is 3.95. The van der Waals surface area contributed by atoms with Crippen LogP contribution in [0.4, 0.5) is 5.69 Å². The molecule has 144 valence electrons. The maximum atomic E-state index is 12.5. The largest absolute Gasteiger partial charge is 1.00 e. The van der Waals surface area contributed by atoms with Crippen molar-refractivity contribution in [2.24, 2.45) is 0 Å². The maximum Gasteiger partial charge on any atom is 0.255 e. The molecule has 0 saturated heterocycles. The van der Waals surface area contributed by atoms with Crippen molar-refractivity contribution in [3.63, 3.8) is 0 Å². The third-order valence-corrected chi connectivity index (χ3v) is 4.61. The molecule has 4 heteroatoms. The fourth-order valence-electron chi connectivity index (χ4n) is 3.09. The van der Waals surface area contributed by atoms with Gasteiger partial charge in [0.05, 0.1) is 5.69 Å². The minimum atomic E-state index is -0.111. The number of hydrogen-bond acceptors (Lipinski definition) is 1. The van der Waals surface area contributed by atoms with Crippen molar-refractivity contribution in [1.29, 1.82) is 0 Å². The van der Waals surface area contributed by atoms with E-state index in [-0.39, 0.29) is 22.9 Å². The highest BCUT2D eigenvalue weighted by Crippen LogP contribution is 2.19. The number of hydrogen-bond donors (Lipinski definition) is 1. The lowest BCUT2D eigenvalue weighted by Crippen LogP contribution is -3.00. The lowest BCUT2D eigenvalue weighted by molar-refractivity contribution is -0.688. The zero-order chi connectivity index (χ0) is 19.2. The smallest absolute Gasteiger partial charge is 0.255 e. The van der Waals surface area contributed by atoms with Crippen LogP contribution in [0.2, 0.25) is 0 Å². The number of amides is 1. The number of halogens is 1. The van der Waals surface area contributed by atoms with Gasteiger partial charge in [-0.25, -0.2) is 4.57 Å². The summed E-state index contributed by atoms with van der Waals surface area (Å²) < 4.78 is 2.08. The average Bonchev–Trinajstić information content (AvgIpc) is 2.76. The Kier molecular flexibility index (Phi) is 6.93. The Morgan fingerprint density at radius 2 is 1.24 bits per heavy atom. The lowest BCUT2D eigenvalue weighted by atomic mass is 10.0. The van der Waals surface area contributed by atoms with Gasteiger partial charge < -0.3 is 22.3 Å². The molecular weight excluding hydrogens is 424 g/mol. The van der Waals surface area contributed by atoms with Gasteiger partial charge in [-0.05, 0) is 23.3 Å². The lowest BCUT2D eigenvalue weighted by Gasteiger charge is -2.06. The molecule has 3 nitrogen and oxygen atoms in total. The monoisotopic (exact) mass is 444 g/mol. The number of carbonyl (C=O) groups excluding carboxylic acids is 1. The molecule has 1 heterocycles. The predicted molar refractivity (Wildman–Crippen MR) is 112 cm³/mol. The number of pyridine rings is 1. The first-order valence-electron chi connectivity index (χ1n) is 9.28. The summed E-state index contributed by atoms with van der Waals surface area (Å²) in [7, 11) is 0. The molecule has 1 amide bonds. The second-order valence-corrected chi connectivity index (χ2v) is 6.64. The van der Waals surface area contributed by atoms with E-state index in [4.69, 9.17) is 0 Å². The second-order valence-electron chi connectivity index (χ2n) is 6.64. The first-order chi connectivity index (χ1) is 13.8. The normalized spacial score (nSPS) is 10.1. The van der Waals surface area contributed by atoms with Crippen molar-refractivity contribution in [3.8, 4) is 11.1 Å². The number of carbonyl (C=O) groups is 1. The number of anilines is 1. The van der Waals surface area contributed by atoms with Crippen molar-refractivity contribution in [2.45, 2.75) is 6.54 Å². The summed E-state index contributed by atoms with van der Waals surface area (Å²) in [6.45, 7) is 0.802. The van der Waals surface area contributed by atoms with Crippen LogP contribution in [-0.4, -0.2) is 5.91 Å². The molecule has 4 rings (SSSR count). The van der Waals surface area contributed by atoms with Gasteiger partial charge in [-0.1, -0.05) is 72.8 Å². The molecule has 0 aliphatic heterocycles. The van der Waals surface area contributed by atoms with E-state index in [0.29, 0.717) is 5.56 Å². The third kappa shape index (κ3) is 5.39. The summed E-state index contributed by atoms with van der Waals surface area (Å²) in [5, 5.41) is 2.96. The van der Waals surface area contributed by atoms with Gasteiger partial charge in [-0.15, -0.1) is 0 Å². The van der Waals surface area contributed by atoms with Crippen LogP contribution in [0.25, 0.3) is 11.1 Å². The SMILES string of the molecule is O=C(Nc1cc[n+](Cc2ccccc2)cc1)c1ccc(-c2ccccc2)cc1.[Br-]. The quantitative estimate of drug-likeness (QED) is 0.468. The van der Waals surface area contributed by atoms with Crippen LogP contribution in [0.5, 0.6) is 0 Å². The van der Waals surface area contributed by atoms with Crippen LogP contribution in [-0.2, 0) is 6.54 Å². The molecule has 0 saturated carbocycles. The molecule has 1 aromatic heterocycles. The highest BCUT2D eigenvalue weighted by molar-refractivity contribution is 6.04. The average molecular weight is 445 g/mol. The first-order valence-corrected chi connectivity index (χ1v) is 9.28. The number of aromatic nitrogens is 1. The molecule has 0 aliphatic carbocycles. The van der Waals surface area contributed by atoms with Gasteiger partial charge in [-0.3, -0.25) is 4.79 Å². The molecule has 4 aromatic rings. The summed E-state index contributed by atoms with van der Waals surface area (Å²) in [5.74, 6) is -0.111. The van der Waals surface area contributed by atoms with Crippen LogP contribution in [0.3, 0.4) is 0 Å². The van der Waals surface area contributed by atoms with Gasteiger partial charge in [0.1, 0.15) is 0 Å². The fraction of sp³-hybridized carbons (Fsp3) is 0.0400. The molecule has 0 atom stereocenters. The van der Waals surface area contributed by atoms with Crippen LogP contribution < -0.4 is 26.9 Å². The zero-order valence-corrected chi connectivity index (χ0v) is 17.4. The van der Waals surface area contributed by atoms with E-state index in [1.807, 2.05) is 85.2 Å². The number of nitrogens with zero attached hydrogens (tertiary/aromatic N) is 1. The summed E-state index contributed by atoms with van der Waals surface area (Å²) >= 11 is 0. The molecule has 0 aliphatic rings. The summed E-state index contributed by atoms with van der Waals surface area (Å²) in [4.78, 5) is 12.5. The minimum absolute atomic E-state index is 0. The van der Waals surface area contributed by atoms with E-state index in [2.05, 4.69) is 34.1 Å². The van der Waals surface area contributed by atoms with Gasteiger partial charge in [0, 0.05) is 23.3 Å². The molecule has 3 aromatic carbocycles. The Labute approximate surface area is 181 Å². The van der Waals surface area contributed by atoms with E-state index in [1.54, 1.807) is 0 Å². The van der Waals surface area contributed by atoms with Gasteiger partial charge in [-0.2, -0.15) is 0 Å². The molecule has 0 unspecified atom stereocenters. The molecule has 0 spiro atoms. The van der Waals surface area contributed by atoms with E-state index in [1.165, 1.54) is 5.56 Å². The van der Waals surface area contributed by atoms with Crippen LogP contribution >= 0.6 is 0 Å². The molecule has 1 N–H and O–H groups in total. The van der Waals surface area contributed by atoms with Gasteiger partial charge in [0.15, 0.2) is 18.9 Å². The second kappa shape index (κ2) is 9.80. The van der Waals surface area contributed by atoms with E-state index in [0.717, 1.165) is 23.4 Å². The Morgan fingerprint density at radius 1 is 0.690 bits per heavy atom. The Hall–Kier alpha value is -3.24. The molecule has 0 fully saturated rings. The Bertz CT molecular complexity index is 1050. The van der Waals surface area contributed by atoms with E-state index < -0.39 is 0 Å². The number of rotatable bonds is 5.